The second-order valence-corrected chi connectivity index (χ2v) is 4.83. The Kier molecular flexibility index (Phi) is 3.37. The Morgan fingerprint density at radius 3 is 2.74 bits per heavy atom. The molecule has 0 atom stereocenters. The molecule has 0 aliphatic carbocycles. The molecule has 0 aromatic carbocycles. The van der Waals surface area contributed by atoms with Gasteiger partial charge in [-0.1, -0.05) is 19.0 Å². The molecule has 2 aromatic heterocycles. The Bertz CT molecular complexity index is 684. The van der Waals surface area contributed by atoms with E-state index in [2.05, 4.69) is 10.3 Å². The molecule has 2 heterocycles. The number of rotatable bonds is 4. The first-order valence-electron chi connectivity index (χ1n) is 6.02. The molecule has 0 saturated heterocycles. The maximum absolute atomic E-state index is 12.1. The molecule has 0 spiro atoms. The van der Waals surface area contributed by atoms with E-state index in [4.69, 9.17) is 4.52 Å². The quantitative estimate of drug-likeness (QED) is 0.898. The molecule has 0 unspecified atom stereocenters. The number of aryl methyl sites for hydroxylation is 2. The van der Waals surface area contributed by atoms with Crippen molar-refractivity contribution in [2.75, 3.05) is 0 Å². The van der Waals surface area contributed by atoms with Gasteiger partial charge >= 0.3 is 5.97 Å². The SMILES string of the molecule is Cc1onc2c(=O)n(CCC(C)C)nc(C(=O)O)c12. The third-order valence-corrected chi connectivity index (χ3v) is 2.88. The minimum atomic E-state index is -1.20. The molecule has 19 heavy (non-hydrogen) atoms. The number of fused-ring (bicyclic) bond motifs is 1. The fourth-order valence-corrected chi connectivity index (χ4v) is 1.82. The molecule has 1 N–H and O–H groups in total. The van der Waals surface area contributed by atoms with Crippen molar-refractivity contribution >= 4 is 16.9 Å². The van der Waals surface area contributed by atoms with Crippen molar-refractivity contribution in [2.24, 2.45) is 5.92 Å². The second kappa shape index (κ2) is 4.83. The lowest BCUT2D eigenvalue weighted by molar-refractivity contribution is 0.0689. The van der Waals surface area contributed by atoms with E-state index in [0.717, 1.165) is 11.1 Å². The summed E-state index contributed by atoms with van der Waals surface area (Å²) in [7, 11) is 0. The van der Waals surface area contributed by atoms with Gasteiger partial charge in [0.15, 0.2) is 11.2 Å². The predicted octanol–water partition coefficient (Wildman–Crippen LogP) is 1.44. The zero-order valence-electron chi connectivity index (χ0n) is 11.0. The van der Waals surface area contributed by atoms with Gasteiger partial charge in [-0.15, -0.1) is 0 Å². The van der Waals surface area contributed by atoms with Gasteiger partial charge in [-0.05, 0) is 19.3 Å². The lowest BCUT2D eigenvalue weighted by atomic mass is 10.1. The van der Waals surface area contributed by atoms with Crippen LogP contribution in [0.3, 0.4) is 0 Å². The average Bonchev–Trinajstić information content (AvgIpc) is 2.71. The molecule has 7 nitrogen and oxygen atoms in total. The highest BCUT2D eigenvalue weighted by Crippen LogP contribution is 2.17. The standard InChI is InChI=1S/C12H15N3O4/c1-6(2)4-5-15-11(16)9-8(7(3)19-14-9)10(13-15)12(17)18/h6H,4-5H2,1-3H3,(H,17,18). The lowest BCUT2D eigenvalue weighted by Gasteiger charge is -2.07. The Hall–Kier alpha value is -2.18. The summed E-state index contributed by atoms with van der Waals surface area (Å²) in [6, 6.07) is 0. The lowest BCUT2D eigenvalue weighted by Crippen LogP contribution is -2.26. The van der Waals surface area contributed by atoms with Crippen LogP contribution in [0.5, 0.6) is 0 Å². The van der Waals surface area contributed by atoms with Gasteiger partial charge in [0.2, 0.25) is 0 Å². The molecule has 0 saturated carbocycles. The summed E-state index contributed by atoms with van der Waals surface area (Å²) in [5.41, 5.74) is -0.594. The van der Waals surface area contributed by atoms with Gasteiger partial charge in [0.1, 0.15) is 5.76 Å². The van der Waals surface area contributed by atoms with Gasteiger partial charge in [-0.2, -0.15) is 5.10 Å². The Balaban J connectivity index is 2.64. The van der Waals surface area contributed by atoms with Gasteiger partial charge in [-0.25, -0.2) is 9.48 Å². The summed E-state index contributed by atoms with van der Waals surface area (Å²) in [5.74, 6) is -0.528. The van der Waals surface area contributed by atoms with Crippen LogP contribution in [0, 0.1) is 12.8 Å². The highest BCUT2D eigenvalue weighted by atomic mass is 16.5. The van der Waals surface area contributed by atoms with Crippen LogP contribution >= 0.6 is 0 Å². The number of carboxylic acid groups (broad SMARTS) is 1. The molecular formula is C12H15N3O4. The average molecular weight is 265 g/mol. The van der Waals surface area contributed by atoms with Gasteiger partial charge in [-0.3, -0.25) is 4.79 Å². The minimum absolute atomic E-state index is 0.0219. The third-order valence-electron chi connectivity index (χ3n) is 2.88. The van der Waals surface area contributed by atoms with Crippen LogP contribution < -0.4 is 5.56 Å². The van der Waals surface area contributed by atoms with E-state index in [1.54, 1.807) is 6.92 Å². The molecule has 102 valence electrons. The van der Waals surface area contributed by atoms with Crippen LogP contribution in [0.4, 0.5) is 0 Å². The van der Waals surface area contributed by atoms with Gasteiger partial charge in [0.05, 0.1) is 5.39 Å². The summed E-state index contributed by atoms with van der Waals surface area (Å²) >= 11 is 0. The van der Waals surface area contributed by atoms with Crippen LogP contribution in [0.15, 0.2) is 9.32 Å². The minimum Gasteiger partial charge on any atom is -0.476 e. The number of nitrogens with zero attached hydrogens (tertiary/aromatic N) is 3. The first kappa shape index (κ1) is 13.3. The van der Waals surface area contributed by atoms with Crippen molar-refractivity contribution in [2.45, 2.75) is 33.7 Å². The molecule has 2 aromatic rings. The molecule has 0 bridgehead atoms. The maximum atomic E-state index is 12.1. The zero-order valence-corrected chi connectivity index (χ0v) is 11.0. The Morgan fingerprint density at radius 1 is 1.47 bits per heavy atom. The van der Waals surface area contributed by atoms with Crippen molar-refractivity contribution in [1.82, 2.24) is 14.9 Å². The van der Waals surface area contributed by atoms with E-state index < -0.39 is 11.5 Å². The van der Waals surface area contributed by atoms with E-state index in [-0.39, 0.29) is 22.4 Å². The Labute approximate surface area is 108 Å². The number of carboxylic acids is 1. The van der Waals surface area contributed by atoms with Gasteiger partial charge in [0, 0.05) is 6.54 Å². The fourth-order valence-electron chi connectivity index (χ4n) is 1.82. The largest absolute Gasteiger partial charge is 0.476 e. The maximum Gasteiger partial charge on any atom is 0.357 e. The predicted molar refractivity (Wildman–Crippen MR) is 67.2 cm³/mol. The molecule has 0 amide bonds. The van der Waals surface area contributed by atoms with E-state index in [9.17, 15) is 14.7 Å². The van der Waals surface area contributed by atoms with E-state index in [1.807, 2.05) is 13.8 Å². The van der Waals surface area contributed by atoms with Crippen LogP contribution in [0.2, 0.25) is 0 Å². The molecule has 0 aliphatic heterocycles. The van der Waals surface area contributed by atoms with Gasteiger partial charge in [0.25, 0.3) is 5.56 Å². The first-order valence-corrected chi connectivity index (χ1v) is 6.02. The number of carbonyl (C=O) groups is 1. The second-order valence-electron chi connectivity index (χ2n) is 4.83. The topological polar surface area (TPSA) is 98.2 Å². The van der Waals surface area contributed by atoms with Crippen LogP contribution in [-0.2, 0) is 6.54 Å². The summed E-state index contributed by atoms with van der Waals surface area (Å²) in [6.07, 6.45) is 0.730. The fraction of sp³-hybridized carbons (Fsp3) is 0.500. The monoisotopic (exact) mass is 265 g/mol. The highest BCUT2D eigenvalue weighted by molar-refractivity contribution is 6.00. The third kappa shape index (κ3) is 2.35. The van der Waals surface area contributed by atoms with Crippen molar-refractivity contribution in [3.05, 3.63) is 21.8 Å². The van der Waals surface area contributed by atoms with Crippen molar-refractivity contribution < 1.29 is 14.4 Å². The van der Waals surface area contributed by atoms with Crippen molar-refractivity contribution in [3.63, 3.8) is 0 Å². The van der Waals surface area contributed by atoms with E-state index >= 15 is 0 Å². The zero-order chi connectivity index (χ0) is 14.2. The summed E-state index contributed by atoms with van der Waals surface area (Å²) in [5, 5.41) is 16.9. The summed E-state index contributed by atoms with van der Waals surface area (Å²) < 4.78 is 6.05. The number of hydrogen-bond donors (Lipinski definition) is 1. The number of aromatic carboxylic acids is 1. The van der Waals surface area contributed by atoms with E-state index in [0.29, 0.717) is 12.5 Å². The molecule has 0 fully saturated rings. The van der Waals surface area contributed by atoms with Crippen LogP contribution in [-0.4, -0.2) is 26.0 Å². The van der Waals surface area contributed by atoms with Crippen LogP contribution in [0.25, 0.3) is 10.9 Å². The van der Waals surface area contributed by atoms with Gasteiger partial charge < -0.3 is 9.63 Å². The smallest absolute Gasteiger partial charge is 0.357 e. The van der Waals surface area contributed by atoms with E-state index in [1.165, 1.54) is 0 Å². The van der Waals surface area contributed by atoms with Crippen LogP contribution in [0.1, 0.15) is 36.5 Å². The summed E-state index contributed by atoms with van der Waals surface area (Å²) in [4.78, 5) is 23.3. The first-order chi connectivity index (χ1) is 8.91. The highest BCUT2D eigenvalue weighted by Gasteiger charge is 2.21. The number of aromatic nitrogens is 3. The number of hydrogen-bond acceptors (Lipinski definition) is 5. The van der Waals surface area contributed by atoms with Crippen molar-refractivity contribution in [1.29, 1.82) is 0 Å². The summed E-state index contributed by atoms with van der Waals surface area (Å²) in [6.45, 7) is 5.95. The normalized spacial score (nSPS) is 11.4. The molecule has 0 radical (unpaired) electrons. The molecule has 0 aliphatic rings. The molecule has 7 heteroatoms. The van der Waals surface area contributed by atoms with Crippen molar-refractivity contribution in [3.8, 4) is 0 Å². The Morgan fingerprint density at radius 2 is 2.16 bits per heavy atom. The molecular weight excluding hydrogens is 250 g/mol. The molecule has 2 rings (SSSR count).